The highest BCUT2D eigenvalue weighted by atomic mass is 16.4. The third-order valence-corrected chi connectivity index (χ3v) is 4.14. The number of amides is 3. The number of benzene rings is 1. The minimum atomic E-state index is -1.10. The van der Waals surface area contributed by atoms with Crippen LogP contribution < -0.4 is 5.32 Å². The van der Waals surface area contributed by atoms with Gasteiger partial charge in [-0.1, -0.05) is 6.07 Å². The van der Waals surface area contributed by atoms with E-state index in [1.165, 1.54) is 11.0 Å². The Balaban J connectivity index is 1.99. The summed E-state index contributed by atoms with van der Waals surface area (Å²) in [7, 11) is 0. The molecule has 7 nitrogen and oxygen atoms in total. The largest absolute Gasteiger partial charge is 0.478 e. The Morgan fingerprint density at radius 3 is 2.68 bits per heavy atom. The van der Waals surface area contributed by atoms with Crippen LogP contribution >= 0.6 is 0 Å². The van der Waals surface area contributed by atoms with E-state index >= 15 is 0 Å². The molecule has 0 saturated carbocycles. The number of carbonyl (C=O) groups is 4. The van der Waals surface area contributed by atoms with Crippen LogP contribution in [0.25, 0.3) is 0 Å². The van der Waals surface area contributed by atoms with Crippen LogP contribution in [0.5, 0.6) is 0 Å². The molecule has 0 aliphatic carbocycles. The number of nitrogens with one attached hydrogen (secondary N) is 1. The summed E-state index contributed by atoms with van der Waals surface area (Å²) in [5.74, 6) is -2.32. The number of nitrogens with zero attached hydrogens (tertiary/aromatic N) is 1. The van der Waals surface area contributed by atoms with Crippen LogP contribution in [0, 0.1) is 6.92 Å². The molecule has 1 aromatic carbocycles. The van der Waals surface area contributed by atoms with Crippen LogP contribution in [0.2, 0.25) is 0 Å². The van der Waals surface area contributed by atoms with Crippen LogP contribution in [-0.4, -0.2) is 39.7 Å². The van der Waals surface area contributed by atoms with Crippen molar-refractivity contribution in [1.82, 2.24) is 10.2 Å². The number of piperidine rings is 1. The number of hydrogen-bond acceptors (Lipinski definition) is 4. The molecule has 7 heteroatoms. The van der Waals surface area contributed by atoms with Gasteiger partial charge >= 0.3 is 5.97 Å². The molecular formula is C15H14N2O5. The quantitative estimate of drug-likeness (QED) is 0.772. The van der Waals surface area contributed by atoms with E-state index in [-0.39, 0.29) is 36.8 Å². The highest BCUT2D eigenvalue weighted by Gasteiger charge is 2.41. The summed E-state index contributed by atoms with van der Waals surface area (Å²) < 4.78 is 0. The SMILES string of the molecule is Cc1ccc(C(=O)O)c2c1C(=O)N(C1CCC(=O)NC1=O)C2. The predicted octanol–water partition coefficient (Wildman–Crippen LogP) is 0.454. The van der Waals surface area contributed by atoms with E-state index in [9.17, 15) is 24.3 Å². The molecule has 2 aliphatic rings. The van der Waals surface area contributed by atoms with Crippen molar-refractivity contribution < 1.29 is 24.3 Å². The van der Waals surface area contributed by atoms with E-state index in [1.807, 2.05) is 0 Å². The zero-order valence-electron chi connectivity index (χ0n) is 11.9. The van der Waals surface area contributed by atoms with Gasteiger partial charge in [-0.3, -0.25) is 19.7 Å². The van der Waals surface area contributed by atoms with Gasteiger partial charge in [0.25, 0.3) is 5.91 Å². The fourth-order valence-electron chi connectivity index (χ4n) is 3.04. The molecule has 1 saturated heterocycles. The van der Waals surface area contributed by atoms with Crippen molar-refractivity contribution >= 4 is 23.7 Å². The van der Waals surface area contributed by atoms with E-state index in [4.69, 9.17) is 0 Å². The molecule has 2 heterocycles. The average molecular weight is 302 g/mol. The van der Waals surface area contributed by atoms with Gasteiger partial charge in [0.2, 0.25) is 11.8 Å². The van der Waals surface area contributed by atoms with Gasteiger partial charge in [-0.05, 0) is 30.5 Å². The first-order chi connectivity index (χ1) is 10.4. The van der Waals surface area contributed by atoms with Crippen molar-refractivity contribution in [3.63, 3.8) is 0 Å². The van der Waals surface area contributed by atoms with Crippen LogP contribution in [0.4, 0.5) is 0 Å². The number of fused-ring (bicyclic) bond motifs is 1. The van der Waals surface area contributed by atoms with Crippen molar-refractivity contribution in [3.05, 3.63) is 34.4 Å². The number of hydrogen-bond donors (Lipinski definition) is 2. The molecule has 3 amide bonds. The fourth-order valence-corrected chi connectivity index (χ4v) is 3.04. The minimum absolute atomic E-state index is 0.0729. The van der Waals surface area contributed by atoms with Gasteiger partial charge < -0.3 is 10.0 Å². The minimum Gasteiger partial charge on any atom is -0.478 e. The monoisotopic (exact) mass is 302 g/mol. The van der Waals surface area contributed by atoms with Crippen LogP contribution in [0.15, 0.2) is 12.1 Å². The number of carbonyl (C=O) groups excluding carboxylic acids is 3. The normalized spacial score (nSPS) is 20.9. The molecule has 0 bridgehead atoms. The zero-order valence-corrected chi connectivity index (χ0v) is 11.9. The van der Waals surface area contributed by atoms with Crippen molar-refractivity contribution in [2.24, 2.45) is 0 Å². The van der Waals surface area contributed by atoms with Crippen molar-refractivity contribution in [2.45, 2.75) is 32.4 Å². The van der Waals surface area contributed by atoms with Gasteiger partial charge in [0.1, 0.15) is 6.04 Å². The number of carboxylic acid groups (broad SMARTS) is 1. The lowest BCUT2D eigenvalue weighted by molar-refractivity contribution is -0.136. The van der Waals surface area contributed by atoms with E-state index in [1.54, 1.807) is 13.0 Å². The Labute approximate surface area is 125 Å². The highest BCUT2D eigenvalue weighted by Crippen LogP contribution is 2.31. The summed E-state index contributed by atoms with van der Waals surface area (Å²) in [4.78, 5) is 48.4. The maximum absolute atomic E-state index is 12.6. The first kappa shape index (κ1) is 14.2. The smallest absolute Gasteiger partial charge is 0.336 e. The van der Waals surface area contributed by atoms with Crippen molar-refractivity contribution in [1.29, 1.82) is 0 Å². The third kappa shape index (κ3) is 2.05. The van der Waals surface area contributed by atoms with Crippen LogP contribution in [0.3, 0.4) is 0 Å². The number of aromatic carboxylic acids is 1. The molecule has 22 heavy (non-hydrogen) atoms. The molecular weight excluding hydrogens is 288 g/mol. The Bertz CT molecular complexity index is 725. The Hall–Kier alpha value is -2.70. The summed E-state index contributed by atoms with van der Waals surface area (Å²) in [5, 5.41) is 11.5. The Morgan fingerprint density at radius 1 is 1.32 bits per heavy atom. The van der Waals surface area contributed by atoms with E-state index < -0.39 is 17.9 Å². The molecule has 0 spiro atoms. The molecule has 2 aliphatic heterocycles. The summed E-state index contributed by atoms with van der Waals surface area (Å²) in [5.41, 5.74) is 1.54. The predicted molar refractivity (Wildman–Crippen MR) is 74.2 cm³/mol. The maximum Gasteiger partial charge on any atom is 0.336 e. The summed E-state index contributed by atoms with van der Waals surface area (Å²) in [6, 6.07) is 2.32. The number of aryl methyl sites for hydroxylation is 1. The van der Waals surface area contributed by atoms with E-state index in [0.717, 1.165) is 0 Å². The molecule has 3 rings (SSSR count). The summed E-state index contributed by atoms with van der Waals surface area (Å²) in [6.07, 6.45) is 0.424. The second-order valence-corrected chi connectivity index (χ2v) is 5.49. The Morgan fingerprint density at radius 2 is 2.05 bits per heavy atom. The number of imide groups is 1. The summed E-state index contributed by atoms with van der Waals surface area (Å²) >= 11 is 0. The molecule has 1 fully saturated rings. The molecule has 114 valence electrons. The second-order valence-electron chi connectivity index (χ2n) is 5.49. The first-order valence-corrected chi connectivity index (χ1v) is 6.90. The van der Waals surface area contributed by atoms with Gasteiger partial charge in [-0.25, -0.2) is 4.79 Å². The molecule has 2 N–H and O–H groups in total. The van der Waals surface area contributed by atoms with Crippen LogP contribution in [0.1, 0.15) is 44.7 Å². The lowest BCUT2D eigenvalue weighted by Crippen LogP contribution is -2.52. The summed E-state index contributed by atoms with van der Waals surface area (Å²) in [6.45, 7) is 1.81. The van der Waals surface area contributed by atoms with Crippen molar-refractivity contribution in [2.75, 3.05) is 0 Å². The highest BCUT2D eigenvalue weighted by molar-refractivity contribution is 6.07. The Kier molecular flexibility index (Phi) is 3.20. The maximum atomic E-state index is 12.6. The molecule has 1 aromatic rings. The topological polar surface area (TPSA) is 104 Å². The zero-order chi connectivity index (χ0) is 16.0. The van der Waals surface area contributed by atoms with E-state index in [0.29, 0.717) is 16.7 Å². The number of rotatable bonds is 2. The standard InChI is InChI=1S/C15H14N2O5/c1-7-2-3-8(15(21)22)9-6-17(14(20)12(7)9)10-4-5-11(18)16-13(10)19/h2-3,10H,4-6H2,1H3,(H,21,22)(H,16,18,19). The fraction of sp³-hybridized carbons (Fsp3) is 0.333. The molecule has 1 atom stereocenters. The second kappa shape index (κ2) is 4.94. The lowest BCUT2D eigenvalue weighted by atomic mass is 9.99. The number of carboxylic acids is 1. The van der Waals surface area contributed by atoms with E-state index in [2.05, 4.69) is 5.32 Å². The third-order valence-electron chi connectivity index (χ3n) is 4.14. The van der Waals surface area contributed by atoms with Gasteiger partial charge in [-0.15, -0.1) is 0 Å². The molecule has 0 aromatic heterocycles. The first-order valence-electron chi connectivity index (χ1n) is 6.90. The van der Waals surface area contributed by atoms with Gasteiger partial charge in [0.15, 0.2) is 0 Å². The van der Waals surface area contributed by atoms with Gasteiger partial charge in [0, 0.05) is 18.5 Å². The molecule has 1 unspecified atom stereocenters. The van der Waals surface area contributed by atoms with Gasteiger partial charge in [0.05, 0.1) is 5.56 Å². The molecule has 0 radical (unpaired) electrons. The van der Waals surface area contributed by atoms with Gasteiger partial charge in [-0.2, -0.15) is 0 Å². The van der Waals surface area contributed by atoms with Crippen molar-refractivity contribution in [3.8, 4) is 0 Å². The van der Waals surface area contributed by atoms with Crippen LogP contribution in [-0.2, 0) is 16.1 Å². The lowest BCUT2D eigenvalue weighted by Gasteiger charge is -2.29. The average Bonchev–Trinajstić information content (AvgIpc) is 2.77.